The highest BCUT2D eigenvalue weighted by Gasteiger charge is 2.13. The second-order valence-corrected chi connectivity index (χ2v) is 5.65. The molecule has 1 aromatic heterocycles. The molecular weight excluding hydrogens is 282 g/mol. The van der Waals surface area contributed by atoms with E-state index in [1.54, 1.807) is 0 Å². The van der Waals surface area contributed by atoms with E-state index in [-0.39, 0.29) is 0 Å². The Bertz CT molecular complexity index is 785. The largest absolute Gasteiger partial charge is 0.388 e. The lowest BCUT2D eigenvalue weighted by Gasteiger charge is -2.14. The third-order valence-electron chi connectivity index (χ3n) is 3.66. The van der Waals surface area contributed by atoms with Crippen LogP contribution in [0.15, 0.2) is 54.6 Å². The van der Waals surface area contributed by atoms with E-state index in [9.17, 15) is 5.11 Å². The molecule has 2 aromatic carbocycles. The SMILES string of the molecule is Cc1ccc(Cl)cc1C(O)Cc1ccc2ccccc2n1. The van der Waals surface area contributed by atoms with Gasteiger partial charge in [0.25, 0.3) is 0 Å². The number of hydrogen-bond acceptors (Lipinski definition) is 2. The van der Waals surface area contributed by atoms with Crippen molar-refractivity contribution in [3.05, 3.63) is 76.4 Å². The molecule has 0 aliphatic heterocycles. The van der Waals surface area contributed by atoms with Crippen molar-refractivity contribution < 1.29 is 5.11 Å². The summed E-state index contributed by atoms with van der Waals surface area (Å²) in [7, 11) is 0. The summed E-state index contributed by atoms with van der Waals surface area (Å²) in [6.45, 7) is 1.97. The first kappa shape index (κ1) is 14.1. The van der Waals surface area contributed by atoms with Gasteiger partial charge in [0.15, 0.2) is 0 Å². The van der Waals surface area contributed by atoms with Crippen molar-refractivity contribution in [2.24, 2.45) is 0 Å². The number of pyridine rings is 1. The van der Waals surface area contributed by atoms with Crippen LogP contribution in [-0.4, -0.2) is 10.1 Å². The number of para-hydroxylation sites is 1. The first-order chi connectivity index (χ1) is 10.1. The summed E-state index contributed by atoms with van der Waals surface area (Å²) in [4.78, 5) is 4.60. The minimum Gasteiger partial charge on any atom is -0.388 e. The zero-order valence-corrected chi connectivity index (χ0v) is 12.5. The third kappa shape index (κ3) is 3.07. The van der Waals surface area contributed by atoms with Crippen molar-refractivity contribution in [3.8, 4) is 0 Å². The maximum Gasteiger partial charge on any atom is 0.0848 e. The van der Waals surface area contributed by atoms with E-state index < -0.39 is 6.10 Å². The van der Waals surface area contributed by atoms with Crippen molar-refractivity contribution in [2.75, 3.05) is 0 Å². The summed E-state index contributed by atoms with van der Waals surface area (Å²) in [6, 6.07) is 17.6. The zero-order valence-electron chi connectivity index (χ0n) is 11.8. The number of rotatable bonds is 3. The maximum atomic E-state index is 10.5. The Morgan fingerprint density at radius 3 is 2.76 bits per heavy atom. The molecule has 0 saturated heterocycles. The van der Waals surface area contributed by atoms with Gasteiger partial charge < -0.3 is 5.11 Å². The molecule has 0 radical (unpaired) electrons. The number of aliphatic hydroxyl groups is 1. The van der Waals surface area contributed by atoms with Crippen LogP contribution in [0.1, 0.15) is 22.9 Å². The molecule has 0 spiro atoms. The molecule has 1 unspecified atom stereocenters. The monoisotopic (exact) mass is 297 g/mol. The minimum atomic E-state index is -0.600. The molecule has 0 fully saturated rings. The lowest BCUT2D eigenvalue weighted by molar-refractivity contribution is 0.176. The van der Waals surface area contributed by atoms with E-state index in [0.29, 0.717) is 11.4 Å². The lowest BCUT2D eigenvalue weighted by atomic mass is 9.99. The van der Waals surface area contributed by atoms with E-state index in [1.165, 1.54) is 0 Å². The molecule has 0 bridgehead atoms. The van der Waals surface area contributed by atoms with Crippen molar-refractivity contribution in [3.63, 3.8) is 0 Å². The highest BCUT2D eigenvalue weighted by atomic mass is 35.5. The van der Waals surface area contributed by atoms with E-state index >= 15 is 0 Å². The van der Waals surface area contributed by atoms with Crippen LogP contribution in [0.4, 0.5) is 0 Å². The normalized spacial score (nSPS) is 12.5. The second-order valence-electron chi connectivity index (χ2n) is 5.22. The average molecular weight is 298 g/mol. The highest BCUT2D eigenvalue weighted by molar-refractivity contribution is 6.30. The fourth-order valence-electron chi connectivity index (χ4n) is 2.50. The predicted octanol–water partition coefficient (Wildman–Crippen LogP) is 4.47. The molecule has 0 aliphatic rings. The summed E-state index contributed by atoms with van der Waals surface area (Å²) >= 11 is 6.02. The number of halogens is 1. The molecule has 21 heavy (non-hydrogen) atoms. The van der Waals surface area contributed by atoms with Gasteiger partial charge in [-0.2, -0.15) is 0 Å². The summed E-state index contributed by atoms with van der Waals surface area (Å²) in [6.07, 6.45) is -0.121. The number of aryl methyl sites for hydroxylation is 1. The van der Waals surface area contributed by atoms with Crippen molar-refractivity contribution in [1.29, 1.82) is 0 Å². The molecule has 2 nitrogen and oxygen atoms in total. The average Bonchev–Trinajstić information content (AvgIpc) is 2.49. The molecule has 3 heteroatoms. The van der Waals surface area contributed by atoms with Crippen LogP contribution < -0.4 is 0 Å². The van der Waals surface area contributed by atoms with Gasteiger partial charge in [0, 0.05) is 22.5 Å². The number of benzene rings is 2. The Labute approximate surface area is 129 Å². The second kappa shape index (κ2) is 5.84. The maximum absolute atomic E-state index is 10.5. The highest BCUT2D eigenvalue weighted by Crippen LogP contribution is 2.25. The molecule has 1 heterocycles. The molecule has 1 N–H and O–H groups in total. The Balaban J connectivity index is 1.88. The fourth-order valence-corrected chi connectivity index (χ4v) is 2.68. The van der Waals surface area contributed by atoms with E-state index in [4.69, 9.17) is 11.6 Å². The Kier molecular flexibility index (Phi) is 3.91. The Morgan fingerprint density at radius 1 is 1.10 bits per heavy atom. The van der Waals surface area contributed by atoms with Gasteiger partial charge in [0.1, 0.15) is 0 Å². The number of hydrogen-bond donors (Lipinski definition) is 1. The van der Waals surface area contributed by atoms with E-state index in [2.05, 4.69) is 4.98 Å². The van der Waals surface area contributed by atoms with Crippen molar-refractivity contribution in [1.82, 2.24) is 4.98 Å². The number of fused-ring (bicyclic) bond motifs is 1. The van der Waals surface area contributed by atoms with E-state index in [1.807, 2.05) is 61.5 Å². The van der Waals surface area contributed by atoms with Crippen LogP contribution in [0.2, 0.25) is 5.02 Å². The summed E-state index contributed by atoms with van der Waals surface area (Å²) < 4.78 is 0. The lowest BCUT2D eigenvalue weighted by Crippen LogP contribution is -2.05. The molecular formula is C18H16ClNO. The molecule has 1 atom stereocenters. The van der Waals surface area contributed by atoms with Gasteiger partial charge in [0.2, 0.25) is 0 Å². The van der Waals surface area contributed by atoms with Crippen molar-refractivity contribution >= 4 is 22.5 Å². The van der Waals surface area contributed by atoms with Crippen LogP contribution in [0, 0.1) is 6.92 Å². The van der Waals surface area contributed by atoms with E-state index in [0.717, 1.165) is 27.7 Å². The van der Waals surface area contributed by atoms with Gasteiger partial charge in [-0.3, -0.25) is 4.98 Å². The minimum absolute atomic E-state index is 0.478. The first-order valence-electron chi connectivity index (χ1n) is 6.92. The van der Waals surface area contributed by atoms with Gasteiger partial charge >= 0.3 is 0 Å². The molecule has 0 amide bonds. The smallest absolute Gasteiger partial charge is 0.0848 e. The first-order valence-corrected chi connectivity index (χ1v) is 7.30. The van der Waals surface area contributed by atoms with Crippen LogP contribution >= 0.6 is 11.6 Å². The number of nitrogens with zero attached hydrogens (tertiary/aromatic N) is 1. The van der Waals surface area contributed by atoms with Gasteiger partial charge in [-0.15, -0.1) is 0 Å². The van der Waals surface area contributed by atoms with Crippen molar-refractivity contribution in [2.45, 2.75) is 19.4 Å². The molecule has 106 valence electrons. The van der Waals surface area contributed by atoms with Crippen LogP contribution in [0.5, 0.6) is 0 Å². The molecule has 0 aliphatic carbocycles. The van der Waals surface area contributed by atoms with Crippen LogP contribution in [0.3, 0.4) is 0 Å². The Hall–Kier alpha value is -1.90. The van der Waals surface area contributed by atoms with Gasteiger partial charge in [-0.25, -0.2) is 0 Å². The molecule has 0 saturated carbocycles. The number of aromatic nitrogens is 1. The van der Waals surface area contributed by atoms with Gasteiger partial charge in [-0.05, 0) is 42.3 Å². The quantitative estimate of drug-likeness (QED) is 0.773. The Morgan fingerprint density at radius 2 is 1.90 bits per heavy atom. The predicted molar refractivity (Wildman–Crippen MR) is 86.6 cm³/mol. The third-order valence-corrected chi connectivity index (χ3v) is 3.89. The zero-order chi connectivity index (χ0) is 14.8. The number of aliphatic hydroxyl groups excluding tert-OH is 1. The fraction of sp³-hybridized carbons (Fsp3) is 0.167. The van der Waals surface area contributed by atoms with Gasteiger partial charge in [-0.1, -0.05) is 41.9 Å². The molecule has 3 rings (SSSR count). The van der Waals surface area contributed by atoms with Crippen LogP contribution in [-0.2, 0) is 6.42 Å². The molecule has 3 aromatic rings. The topological polar surface area (TPSA) is 33.1 Å². The van der Waals surface area contributed by atoms with Crippen LogP contribution in [0.25, 0.3) is 10.9 Å². The van der Waals surface area contributed by atoms with Gasteiger partial charge in [0.05, 0.1) is 11.6 Å². The summed E-state index contributed by atoms with van der Waals surface area (Å²) in [5.74, 6) is 0. The standard InChI is InChI=1S/C18H16ClNO/c1-12-6-8-14(19)10-16(12)18(21)11-15-9-7-13-4-2-3-5-17(13)20-15/h2-10,18,21H,11H2,1H3. The summed E-state index contributed by atoms with van der Waals surface area (Å²) in [5.41, 5.74) is 3.72. The summed E-state index contributed by atoms with van der Waals surface area (Å²) in [5, 5.41) is 12.2.